The fourth-order valence-corrected chi connectivity index (χ4v) is 2.79. The number of hydrogen-bond donors (Lipinski definition) is 5. The molecule has 0 fully saturated rings. The van der Waals surface area contributed by atoms with Gasteiger partial charge < -0.3 is 16.0 Å². The largest absolute Gasteiger partial charge is 0.417 e. The molecule has 8 nitrogen and oxygen atoms in total. The van der Waals surface area contributed by atoms with Gasteiger partial charge in [-0.1, -0.05) is 29.3 Å². The molecule has 0 spiro atoms. The van der Waals surface area contributed by atoms with Gasteiger partial charge in [0.2, 0.25) is 0 Å². The van der Waals surface area contributed by atoms with Gasteiger partial charge in [0, 0.05) is 23.5 Å². The minimum Gasteiger partial charge on any atom is -0.366 e. The Hall–Kier alpha value is -3.05. The number of alkyl halides is 3. The molecule has 2 rings (SSSR count). The monoisotopic (exact) mass is 461 g/mol. The molecule has 0 aromatic carbocycles. The van der Waals surface area contributed by atoms with Crippen LogP contribution in [0.25, 0.3) is 0 Å². The molecule has 0 aliphatic heterocycles. The molecule has 2 amide bonds. The number of carbonyl (C=O) groups excluding carboxylic acids is 1. The highest BCUT2D eigenvalue weighted by atomic mass is 35.5. The zero-order valence-electron chi connectivity index (χ0n) is 15.4. The van der Waals surface area contributed by atoms with E-state index in [-0.39, 0.29) is 39.9 Å². The third kappa shape index (κ3) is 6.22. The molecule has 0 bridgehead atoms. The highest BCUT2D eigenvalue weighted by Crippen LogP contribution is 2.36. The standard InChI is InChI=1S/C17H16Cl2F3N7O/c1-3-4-24-15-14(8(2)23)10(17(20,21)22)7-13(27-15)28-29-16(30)25-9-5-11(18)26-12(19)6-9/h3,5-7,23H,1,4H2,2H3,(H2,24,27,28)(H2,25,26,29,30). The number of aromatic nitrogens is 2. The number of anilines is 3. The lowest BCUT2D eigenvalue weighted by atomic mass is 10.0. The van der Waals surface area contributed by atoms with Crippen LogP contribution in [0.1, 0.15) is 18.1 Å². The van der Waals surface area contributed by atoms with E-state index in [0.29, 0.717) is 6.07 Å². The third-order valence-electron chi connectivity index (χ3n) is 3.44. The van der Waals surface area contributed by atoms with E-state index in [1.54, 1.807) is 0 Å². The van der Waals surface area contributed by atoms with Crippen LogP contribution in [0.15, 0.2) is 30.9 Å². The Morgan fingerprint density at radius 2 is 1.87 bits per heavy atom. The zero-order valence-corrected chi connectivity index (χ0v) is 16.9. The summed E-state index contributed by atoms with van der Waals surface area (Å²) in [7, 11) is 0. The van der Waals surface area contributed by atoms with Crippen LogP contribution in [0.5, 0.6) is 0 Å². The van der Waals surface area contributed by atoms with Crippen LogP contribution in [0, 0.1) is 5.41 Å². The van der Waals surface area contributed by atoms with Crippen LogP contribution in [-0.2, 0) is 6.18 Å². The lowest BCUT2D eigenvalue weighted by Gasteiger charge is -2.19. The molecular weight excluding hydrogens is 446 g/mol. The summed E-state index contributed by atoms with van der Waals surface area (Å²) in [6.45, 7) is 4.82. The van der Waals surface area contributed by atoms with Crippen molar-refractivity contribution < 1.29 is 18.0 Å². The molecule has 13 heteroatoms. The Bertz CT molecular complexity index is 962. The Morgan fingerprint density at radius 1 is 1.23 bits per heavy atom. The number of carbonyl (C=O) groups is 1. The summed E-state index contributed by atoms with van der Waals surface area (Å²) in [4.78, 5) is 19.7. The van der Waals surface area contributed by atoms with Gasteiger partial charge in [-0.25, -0.2) is 14.8 Å². The minimum absolute atomic E-state index is 0.0396. The van der Waals surface area contributed by atoms with Crippen molar-refractivity contribution in [2.75, 3.05) is 22.6 Å². The van der Waals surface area contributed by atoms with Crippen LogP contribution in [0.2, 0.25) is 10.3 Å². The van der Waals surface area contributed by atoms with Crippen molar-refractivity contribution in [1.82, 2.24) is 15.4 Å². The van der Waals surface area contributed by atoms with Gasteiger partial charge in [-0.05, 0) is 25.1 Å². The number of hydrazine groups is 1. The molecular formula is C17H16Cl2F3N7O. The summed E-state index contributed by atoms with van der Waals surface area (Å²) in [5.74, 6) is -0.491. The van der Waals surface area contributed by atoms with Crippen molar-refractivity contribution in [2.24, 2.45) is 0 Å². The van der Waals surface area contributed by atoms with E-state index in [0.717, 1.165) is 0 Å². The first kappa shape index (κ1) is 23.2. The normalized spacial score (nSPS) is 10.9. The van der Waals surface area contributed by atoms with E-state index < -0.39 is 23.3 Å². The number of nitrogens with one attached hydrogen (secondary N) is 5. The van der Waals surface area contributed by atoms with Gasteiger partial charge in [-0.3, -0.25) is 10.9 Å². The van der Waals surface area contributed by atoms with Gasteiger partial charge in [0.15, 0.2) is 0 Å². The fourth-order valence-electron chi connectivity index (χ4n) is 2.33. The van der Waals surface area contributed by atoms with Gasteiger partial charge >= 0.3 is 12.2 Å². The average molecular weight is 462 g/mol. The fraction of sp³-hybridized carbons (Fsp3) is 0.176. The molecule has 0 saturated heterocycles. The molecule has 5 N–H and O–H groups in total. The number of hydrogen-bond acceptors (Lipinski definition) is 6. The molecule has 0 saturated carbocycles. The number of nitrogens with zero attached hydrogens (tertiary/aromatic N) is 2. The molecule has 0 radical (unpaired) electrons. The van der Waals surface area contributed by atoms with E-state index in [1.807, 2.05) is 0 Å². The maximum absolute atomic E-state index is 13.5. The zero-order chi connectivity index (χ0) is 22.5. The SMILES string of the molecule is C=CCNc1nc(NNC(=O)Nc2cc(Cl)nc(Cl)c2)cc(C(F)(F)F)c1C(C)=N. The van der Waals surface area contributed by atoms with Crippen LogP contribution in [0.3, 0.4) is 0 Å². The maximum Gasteiger partial charge on any atom is 0.417 e. The van der Waals surface area contributed by atoms with Crippen LogP contribution in [-0.4, -0.2) is 28.3 Å². The summed E-state index contributed by atoms with van der Waals surface area (Å²) < 4.78 is 40.6. The van der Waals surface area contributed by atoms with E-state index in [4.69, 9.17) is 28.6 Å². The second-order valence-corrected chi connectivity index (χ2v) is 6.55. The Labute approximate surface area is 179 Å². The molecule has 2 aromatic rings. The summed E-state index contributed by atoms with van der Waals surface area (Å²) in [5, 5.41) is 12.8. The van der Waals surface area contributed by atoms with E-state index in [2.05, 4.69) is 38.0 Å². The second-order valence-electron chi connectivity index (χ2n) is 5.78. The molecule has 30 heavy (non-hydrogen) atoms. The number of amides is 2. The second kappa shape index (κ2) is 9.63. The van der Waals surface area contributed by atoms with Crippen LogP contribution in [0.4, 0.5) is 35.3 Å². The molecule has 2 aromatic heterocycles. The van der Waals surface area contributed by atoms with Gasteiger partial charge in [-0.2, -0.15) is 13.2 Å². The number of rotatable bonds is 7. The van der Waals surface area contributed by atoms with E-state index in [9.17, 15) is 18.0 Å². The van der Waals surface area contributed by atoms with Gasteiger partial charge in [-0.15, -0.1) is 6.58 Å². The Kier molecular flexibility index (Phi) is 7.46. The summed E-state index contributed by atoms with van der Waals surface area (Å²) in [6.07, 6.45) is -3.33. The smallest absolute Gasteiger partial charge is 0.366 e. The predicted molar refractivity (Wildman–Crippen MR) is 110 cm³/mol. The summed E-state index contributed by atoms with van der Waals surface area (Å²) in [5.41, 5.74) is 2.85. The highest BCUT2D eigenvalue weighted by Gasteiger charge is 2.36. The first-order valence-corrected chi connectivity index (χ1v) is 8.95. The summed E-state index contributed by atoms with van der Waals surface area (Å²) in [6, 6.07) is 2.52. The van der Waals surface area contributed by atoms with Crippen LogP contribution < -0.4 is 21.5 Å². The molecule has 2 heterocycles. The molecule has 0 atom stereocenters. The predicted octanol–water partition coefficient (Wildman–Crippen LogP) is 4.94. The first-order chi connectivity index (χ1) is 14.0. The molecule has 0 aliphatic rings. The Morgan fingerprint density at radius 3 is 2.40 bits per heavy atom. The van der Waals surface area contributed by atoms with Crippen LogP contribution >= 0.6 is 23.2 Å². The van der Waals surface area contributed by atoms with Gasteiger partial charge in [0.05, 0.1) is 5.56 Å². The van der Waals surface area contributed by atoms with Crippen molar-refractivity contribution >= 4 is 52.3 Å². The van der Waals surface area contributed by atoms with E-state index >= 15 is 0 Å². The Balaban J connectivity index is 2.26. The maximum atomic E-state index is 13.5. The topological polar surface area (TPSA) is 115 Å². The molecule has 160 valence electrons. The average Bonchev–Trinajstić information content (AvgIpc) is 2.62. The minimum atomic E-state index is -4.76. The molecule has 0 unspecified atom stereocenters. The van der Waals surface area contributed by atoms with Gasteiger partial charge in [0.25, 0.3) is 0 Å². The lowest BCUT2D eigenvalue weighted by molar-refractivity contribution is -0.137. The molecule has 0 aliphatic carbocycles. The van der Waals surface area contributed by atoms with Crippen molar-refractivity contribution in [3.05, 3.63) is 52.3 Å². The first-order valence-electron chi connectivity index (χ1n) is 8.20. The number of halogens is 5. The summed E-state index contributed by atoms with van der Waals surface area (Å²) >= 11 is 11.5. The van der Waals surface area contributed by atoms with Crippen molar-refractivity contribution in [3.63, 3.8) is 0 Å². The van der Waals surface area contributed by atoms with Crippen molar-refractivity contribution in [3.8, 4) is 0 Å². The van der Waals surface area contributed by atoms with Crippen molar-refractivity contribution in [2.45, 2.75) is 13.1 Å². The quantitative estimate of drug-likeness (QED) is 0.173. The highest BCUT2D eigenvalue weighted by molar-refractivity contribution is 6.33. The number of urea groups is 1. The lowest BCUT2D eigenvalue weighted by Crippen LogP contribution is -2.34. The third-order valence-corrected chi connectivity index (χ3v) is 3.83. The van der Waals surface area contributed by atoms with E-state index in [1.165, 1.54) is 25.1 Å². The number of pyridine rings is 2. The van der Waals surface area contributed by atoms with Crippen molar-refractivity contribution in [1.29, 1.82) is 5.41 Å². The van der Waals surface area contributed by atoms with Gasteiger partial charge in [0.1, 0.15) is 21.9 Å².